The predicted octanol–water partition coefficient (Wildman–Crippen LogP) is 2.80. The van der Waals surface area contributed by atoms with Crippen molar-refractivity contribution in [3.05, 3.63) is 66.4 Å². The first-order valence-corrected chi connectivity index (χ1v) is 7.97. The van der Waals surface area contributed by atoms with Crippen LogP contribution in [0.5, 0.6) is 11.5 Å². The van der Waals surface area contributed by atoms with Crippen molar-refractivity contribution in [2.45, 2.75) is 12.6 Å². The van der Waals surface area contributed by atoms with E-state index in [1.165, 1.54) is 0 Å². The molecule has 6 heteroatoms. The van der Waals surface area contributed by atoms with E-state index >= 15 is 0 Å². The first-order chi connectivity index (χ1) is 12.3. The predicted molar refractivity (Wildman–Crippen MR) is 90.1 cm³/mol. The monoisotopic (exact) mass is 336 g/mol. The van der Waals surface area contributed by atoms with Gasteiger partial charge >= 0.3 is 0 Å². The van der Waals surface area contributed by atoms with Crippen LogP contribution in [0.4, 0.5) is 0 Å². The summed E-state index contributed by atoms with van der Waals surface area (Å²) in [6.07, 6.45) is -0.685. The highest BCUT2D eigenvalue weighted by Gasteiger charge is 2.27. The van der Waals surface area contributed by atoms with E-state index in [2.05, 4.69) is 10.5 Å². The number of hydrogen-bond acceptors (Lipinski definition) is 5. The number of benzene rings is 2. The molecular formula is C19H16N2O4. The van der Waals surface area contributed by atoms with Gasteiger partial charge in [0.2, 0.25) is 6.10 Å². The molecule has 2 heterocycles. The Morgan fingerprint density at radius 1 is 1.08 bits per heavy atom. The van der Waals surface area contributed by atoms with E-state index in [9.17, 15) is 4.79 Å². The number of aromatic nitrogens is 1. The molecule has 0 radical (unpaired) electrons. The highest BCUT2D eigenvalue weighted by Crippen LogP contribution is 2.30. The summed E-state index contributed by atoms with van der Waals surface area (Å²) in [6.45, 7) is 0.438. The molecule has 2 aromatic carbocycles. The van der Waals surface area contributed by atoms with E-state index < -0.39 is 6.10 Å². The number of rotatable bonds is 4. The van der Waals surface area contributed by atoms with Crippen molar-refractivity contribution in [1.82, 2.24) is 10.5 Å². The number of hydrogen-bond donors (Lipinski definition) is 1. The second-order valence-corrected chi connectivity index (χ2v) is 5.63. The van der Waals surface area contributed by atoms with Gasteiger partial charge in [0, 0.05) is 11.6 Å². The van der Waals surface area contributed by atoms with Crippen LogP contribution in [-0.2, 0) is 11.3 Å². The van der Waals surface area contributed by atoms with Gasteiger partial charge in [0.25, 0.3) is 5.91 Å². The highest BCUT2D eigenvalue weighted by molar-refractivity contribution is 5.81. The summed E-state index contributed by atoms with van der Waals surface area (Å²) in [7, 11) is 0. The molecule has 126 valence electrons. The minimum atomic E-state index is -0.685. The van der Waals surface area contributed by atoms with Crippen molar-refractivity contribution in [1.29, 1.82) is 0 Å². The molecule has 0 unspecified atom stereocenters. The van der Waals surface area contributed by atoms with Crippen LogP contribution in [0, 0.1) is 0 Å². The molecule has 0 fully saturated rings. The van der Waals surface area contributed by atoms with Crippen molar-refractivity contribution in [3.63, 3.8) is 0 Å². The van der Waals surface area contributed by atoms with E-state index in [1.807, 2.05) is 54.6 Å². The number of fused-ring (bicyclic) bond motifs is 1. The minimum absolute atomic E-state index is 0.178. The van der Waals surface area contributed by atoms with Gasteiger partial charge in [-0.05, 0) is 12.1 Å². The molecule has 25 heavy (non-hydrogen) atoms. The standard InChI is InChI=1S/C19H16N2O4/c22-19(18-12-23-15-8-4-5-9-16(15)24-18)20-11-14-10-17(25-21-14)13-6-2-1-3-7-13/h1-10,18H,11-12H2,(H,20,22)/t18-/m1/s1. The van der Waals surface area contributed by atoms with Crippen LogP contribution in [0.1, 0.15) is 5.69 Å². The average Bonchev–Trinajstić information content (AvgIpc) is 3.15. The Labute approximate surface area is 144 Å². The van der Waals surface area contributed by atoms with Crippen molar-refractivity contribution in [2.24, 2.45) is 0 Å². The van der Waals surface area contributed by atoms with Gasteiger partial charge in [-0.25, -0.2) is 0 Å². The molecule has 1 aliphatic rings. The summed E-state index contributed by atoms with van der Waals surface area (Å²) >= 11 is 0. The van der Waals surface area contributed by atoms with Crippen molar-refractivity contribution in [2.75, 3.05) is 6.61 Å². The molecule has 3 aromatic rings. The van der Waals surface area contributed by atoms with Gasteiger partial charge in [0.05, 0.1) is 6.54 Å². The zero-order valence-electron chi connectivity index (χ0n) is 13.3. The Kier molecular flexibility index (Phi) is 4.08. The van der Waals surface area contributed by atoms with Gasteiger partial charge in [0.1, 0.15) is 12.3 Å². The Balaban J connectivity index is 1.36. The van der Waals surface area contributed by atoms with E-state index in [0.717, 1.165) is 5.56 Å². The number of para-hydroxylation sites is 2. The minimum Gasteiger partial charge on any atom is -0.485 e. The summed E-state index contributed by atoms with van der Waals surface area (Å²) in [5.41, 5.74) is 1.58. The van der Waals surface area contributed by atoms with Crippen molar-refractivity contribution in [3.8, 4) is 22.8 Å². The Morgan fingerprint density at radius 3 is 2.68 bits per heavy atom. The Bertz CT molecular complexity index is 876. The number of carbonyl (C=O) groups excluding carboxylic acids is 1. The van der Waals surface area contributed by atoms with Gasteiger partial charge in [0.15, 0.2) is 17.3 Å². The molecule has 0 saturated carbocycles. The average molecular weight is 336 g/mol. The molecule has 0 spiro atoms. The second kappa shape index (κ2) is 6.68. The van der Waals surface area contributed by atoms with Gasteiger partial charge in [-0.15, -0.1) is 0 Å². The van der Waals surface area contributed by atoms with Crippen LogP contribution in [0.15, 0.2) is 65.2 Å². The number of carbonyl (C=O) groups is 1. The number of amides is 1. The normalized spacial score (nSPS) is 15.6. The summed E-state index contributed by atoms with van der Waals surface area (Å²) in [6, 6.07) is 18.8. The zero-order valence-corrected chi connectivity index (χ0v) is 13.3. The zero-order chi connectivity index (χ0) is 17.1. The summed E-state index contributed by atoms with van der Waals surface area (Å²) in [5, 5.41) is 6.78. The van der Waals surface area contributed by atoms with Crippen molar-refractivity contribution < 1.29 is 18.8 Å². The fraction of sp³-hybridized carbons (Fsp3) is 0.158. The van der Waals surface area contributed by atoms with Gasteiger partial charge in [-0.1, -0.05) is 47.6 Å². The van der Waals surface area contributed by atoms with Gasteiger partial charge in [-0.2, -0.15) is 0 Å². The smallest absolute Gasteiger partial charge is 0.265 e. The summed E-state index contributed by atoms with van der Waals surface area (Å²) < 4.78 is 16.5. The molecule has 0 bridgehead atoms. The molecule has 1 atom stereocenters. The van der Waals surface area contributed by atoms with Crippen LogP contribution in [-0.4, -0.2) is 23.8 Å². The third-order valence-electron chi connectivity index (χ3n) is 3.86. The van der Waals surface area contributed by atoms with E-state index in [4.69, 9.17) is 14.0 Å². The molecule has 1 aromatic heterocycles. The second-order valence-electron chi connectivity index (χ2n) is 5.63. The highest BCUT2D eigenvalue weighted by atomic mass is 16.6. The fourth-order valence-electron chi connectivity index (χ4n) is 2.57. The van der Waals surface area contributed by atoms with Gasteiger partial charge in [-0.3, -0.25) is 4.79 Å². The molecule has 0 saturated heterocycles. The van der Waals surface area contributed by atoms with Crippen LogP contribution in [0.25, 0.3) is 11.3 Å². The first-order valence-electron chi connectivity index (χ1n) is 7.97. The summed E-state index contributed by atoms with van der Waals surface area (Å²) in [5.74, 6) is 1.63. The molecule has 1 amide bonds. The lowest BCUT2D eigenvalue weighted by atomic mass is 10.1. The SMILES string of the molecule is O=C(NCc1cc(-c2ccccc2)on1)[C@H]1COc2ccccc2O1. The molecule has 4 rings (SSSR count). The van der Waals surface area contributed by atoms with Crippen LogP contribution < -0.4 is 14.8 Å². The van der Waals surface area contributed by atoms with E-state index in [1.54, 1.807) is 6.07 Å². The lowest BCUT2D eigenvalue weighted by molar-refractivity contribution is -0.130. The van der Waals surface area contributed by atoms with Gasteiger partial charge < -0.3 is 19.3 Å². The maximum Gasteiger partial charge on any atom is 0.265 e. The maximum absolute atomic E-state index is 12.3. The lowest BCUT2D eigenvalue weighted by Gasteiger charge is -2.25. The maximum atomic E-state index is 12.3. The molecule has 1 aliphatic heterocycles. The number of nitrogens with zero attached hydrogens (tertiary/aromatic N) is 1. The van der Waals surface area contributed by atoms with E-state index in [-0.39, 0.29) is 19.1 Å². The number of nitrogens with one attached hydrogen (secondary N) is 1. The Hall–Kier alpha value is -3.28. The van der Waals surface area contributed by atoms with Crippen LogP contribution >= 0.6 is 0 Å². The molecule has 1 N–H and O–H groups in total. The Morgan fingerprint density at radius 2 is 1.84 bits per heavy atom. The molecule has 6 nitrogen and oxygen atoms in total. The molecular weight excluding hydrogens is 320 g/mol. The molecule has 0 aliphatic carbocycles. The van der Waals surface area contributed by atoms with Crippen molar-refractivity contribution >= 4 is 5.91 Å². The van der Waals surface area contributed by atoms with E-state index in [0.29, 0.717) is 23.0 Å². The third-order valence-corrected chi connectivity index (χ3v) is 3.86. The quantitative estimate of drug-likeness (QED) is 0.793. The lowest BCUT2D eigenvalue weighted by Crippen LogP contribution is -2.43. The van der Waals surface area contributed by atoms with Crippen LogP contribution in [0.3, 0.4) is 0 Å². The summed E-state index contributed by atoms with van der Waals surface area (Å²) in [4.78, 5) is 12.3. The topological polar surface area (TPSA) is 73.6 Å². The van der Waals surface area contributed by atoms with Crippen LogP contribution in [0.2, 0.25) is 0 Å². The first kappa shape index (κ1) is 15.3. The largest absolute Gasteiger partial charge is 0.485 e. The fourth-order valence-corrected chi connectivity index (χ4v) is 2.57. The third kappa shape index (κ3) is 3.33. The number of ether oxygens (including phenoxy) is 2.